The van der Waals surface area contributed by atoms with Crippen molar-refractivity contribution in [2.24, 2.45) is 0 Å². The summed E-state index contributed by atoms with van der Waals surface area (Å²) in [6, 6.07) is 5.75. The summed E-state index contributed by atoms with van der Waals surface area (Å²) in [5, 5.41) is 0. The smallest absolute Gasteiger partial charge is 0.270 e. The first-order chi connectivity index (χ1) is 8.95. The molecule has 19 heavy (non-hydrogen) atoms. The van der Waals surface area contributed by atoms with Crippen molar-refractivity contribution in [3.05, 3.63) is 45.6 Å². The van der Waals surface area contributed by atoms with E-state index in [0.717, 1.165) is 6.20 Å². The van der Waals surface area contributed by atoms with Gasteiger partial charge in [0.25, 0.3) is 5.56 Å². The van der Waals surface area contributed by atoms with Crippen LogP contribution in [0.1, 0.15) is 0 Å². The van der Waals surface area contributed by atoms with Crippen molar-refractivity contribution in [3.63, 3.8) is 0 Å². The van der Waals surface area contributed by atoms with Crippen LogP contribution in [-0.4, -0.2) is 25.5 Å². The van der Waals surface area contributed by atoms with Crippen molar-refractivity contribution < 1.29 is 13.2 Å². The largest absolute Gasteiger partial charge is 0.497 e. The Morgan fingerprint density at radius 1 is 1.21 bits per heavy atom. The molecular formula is C11H10N2O4S2. The zero-order valence-corrected chi connectivity index (χ0v) is 11.5. The van der Waals surface area contributed by atoms with Crippen molar-refractivity contribution in [3.8, 4) is 5.75 Å². The maximum absolute atomic E-state index is 12.3. The van der Waals surface area contributed by atoms with E-state index in [-0.39, 0.29) is 14.6 Å². The van der Waals surface area contributed by atoms with Crippen LogP contribution < -0.4 is 10.3 Å². The molecular weight excluding hydrogens is 288 g/mol. The summed E-state index contributed by atoms with van der Waals surface area (Å²) in [5.41, 5.74) is -0.750. The van der Waals surface area contributed by atoms with E-state index >= 15 is 0 Å². The second-order valence-electron chi connectivity index (χ2n) is 3.62. The predicted octanol–water partition coefficient (Wildman–Crippen LogP) is 1.27. The van der Waals surface area contributed by atoms with Gasteiger partial charge in [-0.2, -0.15) is 0 Å². The SMILES string of the molecule is COc1ccc(S(=O)(=O)c2c[nH]c(=S)[nH]c2=O)cc1. The molecule has 0 fully saturated rings. The average Bonchev–Trinajstić information content (AvgIpc) is 2.38. The van der Waals surface area contributed by atoms with Gasteiger partial charge in [0.15, 0.2) is 9.67 Å². The Morgan fingerprint density at radius 3 is 2.37 bits per heavy atom. The number of ether oxygens (including phenoxy) is 1. The standard InChI is InChI=1S/C11H10N2O4S2/c1-17-7-2-4-8(5-3-7)19(15,16)9-6-12-11(18)13-10(9)14/h2-6H,1H3,(H2,12,13,14,18). The van der Waals surface area contributed by atoms with E-state index in [1.165, 1.54) is 31.4 Å². The van der Waals surface area contributed by atoms with Crippen LogP contribution in [-0.2, 0) is 9.84 Å². The molecule has 0 amide bonds. The maximum atomic E-state index is 12.3. The van der Waals surface area contributed by atoms with Gasteiger partial charge in [0.2, 0.25) is 9.84 Å². The summed E-state index contributed by atoms with van der Waals surface area (Å²) in [6.07, 6.45) is 1.08. The van der Waals surface area contributed by atoms with Gasteiger partial charge in [0, 0.05) is 6.20 Å². The van der Waals surface area contributed by atoms with Crippen LogP contribution in [0, 0.1) is 4.77 Å². The van der Waals surface area contributed by atoms with Gasteiger partial charge in [-0.3, -0.25) is 9.78 Å². The number of hydrogen-bond donors (Lipinski definition) is 2. The predicted molar refractivity (Wildman–Crippen MR) is 70.7 cm³/mol. The quantitative estimate of drug-likeness (QED) is 0.833. The Labute approximate surface area is 114 Å². The number of benzene rings is 1. The van der Waals surface area contributed by atoms with Gasteiger partial charge in [-0.25, -0.2) is 8.42 Å². The number of methoxy groups -OCH3 is 1. The van der Waals surface area contributed by atoms with E-state index in [1.54, 1.807) is 0 Å². The number of H-pyrrole nitrogens is 2. The molecule has 0 bridgehead atoms. The maximum Gasteiger partial charge on any atom is 0.270 e. The highest BCUT2D eigenvalue weighted by atomic mass is 32.2. The van der Waals surface area contributed by atoms with Crippen molar-refractivity contribution in [1.29, 1.82) is 0 Å². The first kappa shape index (κ1) is 13.5. The number of rotatable bonds is 3. The Hall–Kier alpha value is -1.93. The van der Waals surface area contributed by atoms with E-state index < -0.39 is 15.4 Å². The molecule has 0 aliphatic carbocycles. The minimum atomic E-state index is -3.89. The monoisotopic (exact) mass is 298 g/mol. The Balaban J connectivity index is 2.58. The second-order valence-corrected chi connectivity index (χ2v) is 5.94. The normalized spacial score (nSPS) is 11.2. The molecule has 0 aliphatic heterocycles. The van der Waals surface area contributed by atoms with Gasteiger partial charge in [-0.05, 0) is 36.5 Å². The van der Waals surface area contributed by atoms with Gasteiger partial charge in [-0.1, -0.05) is 0 Å². The highest BCUT2D eigenvalue weighted by Crippen LogP contribution is 2.20. The number of nitrogens with one attached hydrogen (secondary N) is 2. The lowest BCUT2D eigenvalue weighted by molar-refractivity contribution is 0.414. The molecule has 0 atom stereocenters. The lowest BCUT2D eigenvalue weighted by Gasteiger charge is -2.04. The molecule has 2 N–H and O–H groups in total. The highest BCUT2D eigenvalue weighted by molar-refractivity contribution is 7.91. The van der Waals surface area contributed by atoms with Crippen molar-refractivity contribution in [1.82, 2.24) is 9.97 Å². The topological polar surface area (TPSA) is 92.0 Å². The van der Waals surface area contributed by atoms with Gasteiger partial charge in [0.05, 0.1) is 12.0 Å². The summed E-state index contributed by atoms with van der Waals surface area (Å²) in [7, 11) is -2.41. The lowest BCUT2D eigenvalue weighted by Crippen LogP contribution is -2.18. The third-order valence-electron chi connectivity index (χ3n) is 2.44. The average molecular weight is 298 g/mol. The molecule has 8 heteroatoms. The fraction of sp³-hybridized carbons (Fsp3) is 0.0909. The van der Waals surface area contributed by atoms with E-state index in [1.807, 2.05) is 0 Å². The first-order valence-corrected chi connectivity index (χ1v) is 7.05. The zero-order valence-electron chi connectivity index (χ0n) is 9.84. The van der Waals surface area contributed by atoms with Crippen LogP contribution in [0.25, 0.3) is 0 Å². The molecule has 1 heterocycles. The lowest BCUT2D eigenvalue weighted by atomic mass is 10.3. The van der Waals surface area contributed by atoms with Crippen LogP contribution in [0.3, 0.4) is 0 Å². The Bertz CT molecular complexity index is 804. The molecule has 6 nitrogen and oxygen atoms in total. The molecule has 100 valence electrons. The number of hydrogen-bond acceptors (Lipinski definition) is 5. The van der Waals surface area contributed by atoms with Gasteiger partial charge in [0.1, 0.15) is 5.75 Å². The minimum absolute atomic E-state index is 0.00400. The fourth-order valence-electron chi connectivity index (χ4n) is 1.48. The van der Waals surface area contributed by atoms with Crippen LogP contribution >= 0.6 is 12.2 Å². The van der Waals surface area contributed by atoms with E-state index in [9.17, 15) is 13.2 Å². The van der Waals surface area contributed by atoms with Crippen LogP contribution in [0.2, 0.25) is 0 Å². The highest BCUT2D eigenvalue weighted by Gasteiger charge is 2.21. The minimum Gasteiger partial charge on any atom is -0.497 e. The summed E-state index contributed by atoms with van der Waals surface area (Å²) in [5.74, 6) is 0.528. The van der Waals surface area contributed by atoms with Crippen molar-refractivity contribution in [2.45, 2.75) is 9.79 Å². The molecule has 0 spiro atoms. The Kier molecular flexibility index (Phi) is 3.54. The van der Waals surface area contributed by atoms with Crippen LogP contribution in [0.5, 0.6) is 5.75 Å². The van der Waals surface area contributed by atoms with Gasteiger partial charge < -0.3 is 9.72 Å². The molecule has 2 aromatic rings. The van der Waals surface area contributed by atoms with E-state index in [2.05, 4.69) is 9.97 Å². The number of aromatic nitrogens is 2. The third-order valence-corrected chi connectivity index (χ3v) is 4.44. The molecule has 0 saturated carbocycles. The first-order valence-electron chi connectivity index (χ1n) is 5.16. The molecule has 2 rings (SSSR count). The van der Waals surface area contributed by atoms with Crippen LogP contribution in [0.4, 0.5) is 0 Å². The van der Waals surface area contributed by atoms with Crippen molar-refractivity contribution >= 4 is 22.1 Å². The van der Waals surface area contributed by atoms with Crippen molar-refractivity contribution in [2.75, 3.05) is 7.11 Å². The van der Waals surface area contributed by atoms with Gasteiger partial charge >= 0.3 is 0 Å². The summed E-state index contributed by atoms with van der Waals surface area (Å²) in [6.45, 7) is 0. The molecule has 0 radical (unpaired) electrons. The Morgan fingerprint density at radius 2 is 1.84 bits per heavy atom. The molecule has 1 aromatic carbocycles. The summed E-state index contributed by atoms with van der Waals surface area (Å²) < 4.78 is 29.5. The number of aromatic amines is 2. The molecule has 0 saturated heterocycles. The van der Waals surface area contributed by atoms with Gasteiger partial charge in [-0.15, -0.1) is 0 Å². The summed E-state index contributed by atoms with van der Waals surface area (Å²) in [4.78, 5) is 16.0. The third kappa shape index (κ3) is 2.59. The van der Waals surface area contributed by atoms with Crippen LogP contribution in [0.15, 0.2) is 45.0 Å². The summed E-state index contributed by atoms with van der Waals surface area (Å²) >= 11 is 4.71. The van der Waals surface area contributed by atoms with E-state index in [0.29, 0.717) is 5.75 Å². The molecule has 0 aliphatic rings. The van der Waals surface area contributed by atoms with E-state index in [4.69, 9.17) is 17.0 Å². The zero-order chi connectivity index (χ0) is 14.0. The molecule has 0 unspecified atom stereocenters. The number of sulfone groups is 1. The molecule has 1 aromatic heterocycles. The fourth-order valence-corrected chi connectivity index (χ4v) is 2.89. The second kappa shape index (κ2) is 4.98.